The lowest BCUT2D eigenvalue weighted by Crippen LogP contribution is -2.27. The Kier molecular flexibility index (Phi) is 6.59. The highest BCUT2D eigenvalue weighted by Crippen LogP contribution is 2.15. The van der Waals surface area contributed by atoms with Crippen LogP contribution in [0.15, 0.2) is 64.6 Å². The van der Waals surface area contributed by atoms with Crippen LogP contribution in [0.25, 0.3) is 0 Å². The number of carbonyl (C=O) groups excluding carboxylic acids is 3. The molecule has 7 nitrogen and oxygen atoms in total. The Bertz CT molecular complexity index is 919. The van der Waals surface area contributed by atoms with Crippen molar-refractivity contribution in [2.75, 3.05) is 10.6 Å². The number of anilines is 2. The molecule has 0 saturated carbocycles. The molecule has 0 aliphatic heterocycles. The Morgan fingerprint density at radius 1 is 0.893 bits per heavy atom. The third-order valence-electron chi connectivity index (χ3n) is 3.80. The second-order valence-corrected chi connectivity index (χ2v) is 6.86. The summed E-state index contributed by atoms with van der Waals surface area (Å²) in [7, 11) is 0. The molecule has 3 amide bonds. The second kappa shape index (κ2) is 9.52. The summed E-state index contributed by atoms with van der Waals surface area (Å²) in [6.07, 6.45) is 1.83. The minimum Gasteiger partial charge on any atom is -0.467 e. The van der Waals surface area contributed by atoms with Gasteiger partial charge in [0.15, 0.2) is 5.78 Å². The van der Waals surface area contributed by atoms with Gasteiger partial charge < -0.3 is 20.4 Å². The summed E-state index contributed by atoms with van der Waals surface area (Å²) in [5.74, 6) is 0.387. The molecule has 0 radical (unpaired) electrons. The molecule has 3 aromatic rings. The molecule has 3 N–H and O–H groups in total. The molecule has 2 heterocycles. The Balaban J connectivity index is 1.41. The van der Waals surface area contributed by atoms with Crippen molar-refractivity contribution in [2.45, 2.75) is 19.4 Å². The standard InChI is InChI=1S/C20H19N3O4S/c24-17(18-4-2-12-28-18)9-10-19(25)22-14-5-7-15(8-6-14)23-20(26)21-13-16-3-1-11-27-16/h1-8,11-12H,9-10,13H2,(H,22,25)(H2,21,23,26). The first-order valence-corrected chi connectivity index (χ1v) is 9.52. The van der Waals surface area contributed by atoms with Gasteiger partial charge in [0.2, 0.25) is 5.91 Å². The lowest BCUT2D eigenvalue weighted by atomic mass is 10.2. The van der Waals surface area contributed by atoms with Crippen LogP contribution in [0.4, 0.5) is 16.2 Å². The van der Waals surface area contributed by atoms with E-state index in [1.54, 1.807) is 48.7 Å². The number of amides is 3. The number of rotatable bonds is 8. The van der Waals surface area contributed by atoms with Gasteiger partial charge >= 0.3 is 6.03 Å². The second-order valence-electron chi connectivity index (χ2n) is 5.91. The molecule has 3 rings (SSSR count). The molecule has 0 unspecified atom stereocenters. The molecular formula is C20H19N3O4S. The molecule has 2 aromatic heterocycles. The van der Waals surface area contributed by atoms with Crippen LogP contribution in [0.1, 0.15) is 28.3 Å². The van der Waals surface area contributed by atoms with Gasteiger partial charge in [-0.1, -0.05) is 6.07 Å². The van der Waals surface area contributed by atoms with Crippen LogP contribution in [0.2, 0.25) is 0 Å². The zero-order valence-electron chi connectivity index (χ0n) is 14.9. The molecule has 28 heavy (non-hydrogen) atoms. The monoisotopic (exact) mass is 397 g/mol. The summed E-state index contributed by atoms with van der Waals surface area (Å²) in [5.41, 5.74) is 1.18. The van der Waals surface area contributed by atoms with Gasteiger partial charge in [0.25, 0.3) is 0 Å². The molecule has 0 atom stereocenters. The molecule has 0 aliphatic carbocycles. The number of ketones is 1. The van der Waals surface area contributed by atoms with Gasteiger partial charge in [-0.25, -0.2) is 4.79 Å². The lowest BCUT2D eigenvalue weighted by molar-refractivity contribution is -0.116. The van der Waals surface area contributed by atoms with Crippen molar-refractivity contribution in [1.82, 2.24) is 5.32 Å². The van der Waals surface area contributed by atoms with Gasteiger partial charge in [0, 0.05) is 24.2 Å². The van der Waals surface area contributed by atoms with E-state index in [1.165, 1.54) is 11.3 Å². The molecule has 0 aliphatic rings. The summed E-state index contributed by atoms with van der Waals surface area (Å²) in [6, 6.07) is 13.4. The highest BCUT2D eigenvalue weighted by molar-refractivity contribution is 7.12. The first-order valence-electron chi connectivity index (χ1n) is 8.64. The minimum atomic E-state index is -0.361. The van der Waals surface area contributed by atoms with E-state index in [2.05, 4.69) is 16.0 Å². The van der Waals surface area contributed by atoms with Gasteiger partial charge in [-0.3, -0.25) is 9.59 Å². The van der Waals surface area contributed by atoms with Crippen LogP contribution in [0.5, 0.6) is 0 Å². The van der Waals surface area contributed by atoms with Crippen molar-refractivity contribution >= 4 is 40.4 Å². The van der Waals surface area contributed by atoms with E-state index >= 15 is 0 Å². The number of carbonyl (C=O) groups is 3. The SMILES string of the molecule is O=C(CCC(=O)c1cccs1)Nc1ccc(NC(=O)NCc2ccco2)cc1. The van der Waals surface area contributed by atoms with Crippen LogP contribution < -0.4 is 16.0 Å². The predicted octanol–water partition coefficient (Wildman–Crippen LogP) is 4.26. The predicted molar refractivity (Wildman–Crippen MR) is 108 cm³/mol. The van der Waals surface area contributed by atoms with Gasteiger partial charge in [-0.05, 0) is 47.8 Å². The number of thiophene rings is 1. The number of benzene rings is 1. The summed E-state index contributed by atoms with van der Waals surface area (Å²) >= 11 is 1.37. The summed E-state index contributed by atoms with van der Waals surface area (Å²) < 4.78 is 5.14. The molecule has 0 fully saturated rings. The van der Waals surface area contributed by atoms with Crippen molar-refractivity contribution in [3.8, 4) is 0 Å². The van der Waals surface area contributed by atoms with Crippen molar-refractivity contribution in [2.24, 2.45) is 0 Å². The maximum atomic E-state index is 12.0. The molecular weight excluding hydrogens is 378 g/mol. The normalized spacial score (nSPS) is 10.3. The molecule has 1 aromatic carbocycles. The number of Topliss-reactive ketones (excluding diaryl/α,β-unsaturated/α-hetero) is 1. The van der Waals surface area contributed by atoms with Gasteiger partial charge in [-0.15, -0.1) is 11.3 Å². The van der Waals surface area contributed by atoms with E-state index in [0.29, 0.717) is 22.0 Å². The first kappa shape index (κ1) is 19.4. The third-order valence-corrected chi connectivity index (χ3v) is 4.72. The highest BCUT2D eigenvalue weighted by atomic mass is 32.1. The smallest absolute Gasteiger partial charge is 0.319 e. The number of urea groups is 1. The topological polar surface area (TPSA) is 100 Å². The summed E-state index contributed by atoms with van der Waals surface area (Å²) in [4.78, 5) is 36.4. The van der Waals surface area contributed by atoms with Crippen molar-refractivity contribution in [3.63, 3.8) is 0 Å². The number of hydrogen-bond donors (Lipinski definition) is 3. The van der Waals surface area contributed by atoms with E-state index in [4.69, 9.17) is 4.42 Å². The molecule has 144 valence electrons. The average molecular weight is 397 g/mol. The van der Waals surface area contributed by atoms with Crippen LogP contribution in [0.3, 0.4) is 0 Å². The number of furan rings is 1. The Morgan fingerprint density at radius 2 is 1.64 bits per heavy atom. The minimum absolute atomic E-state index is 0.0368. The van der Waals surface area contributed by atoms with Crippen LogP contribution >= 0.6 is 11.3 Å². The first-order chi connectivity index (χ1) is 13.6. The van der Waals surface area contributed by atoms with Crippen molar-refractivity contribution < 1.29 is 18.8 Å². The van der Waals surface area contributed by atoms with Crippen LogP contribution in [-0.4, -0.2) is 17.7 Å². The van der Waals surface area contributed by atoms with E-state index in [0.717, 1.165) is 0 Å². The Morgan fingerprint density at radius 3 is 2.29 bits per heavy atom. The molecule has 0 saturated heterocycles. The molecule has 8 heteroatoms. The fourth-order valence-electron chi connectivity index (χ4n) is 2.40. The molecule has 0 spiro atoms. The molecule has 0 bridgehead atoms. The van der Waals surface area contributed by atoms with Gasteiger partial charge in [0.1, 0.15) is 5.76 Å². The van der Waals surface area contributed by atoms with Gasteiger partial charge in [0.05, 0.1) is 17.7 Å². The van der Waals surface area contributed by atoms with E-state index in [1.807, 2.05) is 11.4 Å². The van der Waals surface area contributed by atoms with Crippen molar-refractivity contribution in [3.05, 3.63) is 70.8 Å². The summed E-state index contributed by atoms with van der Waals surface area (Å²) in [5, 5.41) is 9.94. The quantitative estimate of drug-likeness (QED) is 0.494. The Hall–Kier alpha value is -3.39. The highest BCUT2D eigenvalue weighted by Gasteiger charge is 2.10. The maximum Gasteiger partial charge on any atom is 0.319 e. The zero-order valence-corrected chi connectivity index (χ0v) is 15.8. The fraction of sp³-hybridized carbons (Fsp3) is 0.150. The average Bonchev–Trinajstić information content (AvgIpc) is 3.40. The number of nitrogens with one attached hydrogen (secondary N) is 3. The lowest BCUT2D eigenvalue weighted by Gasteiger charge is -2.08. The van der Waals surface area contributed by atoms with Crippen LogP contribution in [0, 0.1) is 0 Å². The third kappa shape index (κ3) is 5.82. The van der Waals surface area contributed by atoms with Gasteiger partial charge in [-0.2, -0.15) is 0 Å². The van der Waals surface area contributed by atoms with E-state index < -0.39 is 0 Å². The maximum absolute atomic E-state index is 12.0. The van der Waals surface area contributed by atoms with E-state index in [-0.39, 0.29) is 37.1 Å². The number of hydrogen-bond acceptors (Lipinski definition) is 5. The largest absolute Gasteiger partial charge is 0.467 e. The zero-order chi connectivity index (χ0) is 19.8. The van der Waals surface area contributed by atoms with Crippen LogP contribution in [-0.2, 0) is 11.3 Å². The fourth-order valence-corrected chi connectivity index (χ4v) is 3.10. The Labute approximate surface area is 165 Å². The summed E-state index contributed by atoms with van der Waals surface area (Å²) in [6.45, 7) is 0.289. The van der Waals surface area contributed by atoms with Crippen molar-refractivity contribution in [1.29, 1.82) is 0 Å². The van der Waals surface area contributed by atoms with E-state index in [9.17, 15) is 14.4 Å².